The molecule has 3 aromatic rings. The molecule has 1 unspecified atom stereocenters. The van der Waals surface area contributed by atoms with Crippen LogP contribution in [0.15, 0.2) is 64.6 Å². The maximum Gasteiger partial charge on any atom is 0.530 e. The van der Waals surface area contributed by atoms with E-state index in [-0.39, 0.29) is 35.9 Å². The number of amidine groups is 1. The minimum absolute atomic E-state index is 0.0586. The molecule has 2 aliphatic heterocycles. The third-order valence-electron chi connectivity index (χ3n) is 12.2. The molecule has 18 heteroatoms. The molecule has 2 aromatic carbocycles. The maximum atomic E-state index is 15.1. The van der Waals surface area contributed by atoms with E-state index in [0.717, 1.165) is 25.6 Å². The number of ether oxygens (including phenoxy) is 6. The van der Waals surface area contributed by atoms with Crippen LogP contribution in [0.5, 0.6) is 17.2 Å². The van der Waals surface area contributed by atoms with Crippen molar-refractivity contribution >= 4 is 37.8 Å². The van der Waals surface area contributed by atoms with Crippen molar-refractivity contribution in [2.75, 3.05) is 33.5 Å². The SMILES string of the molecule is CCCCCCCCCCCCCCCCCCOC[C@H](COP(=O)(OC[C@@]1(C=NC)O[C@@H](c2ccc(C(N)=NC=N)[nH]2)[C@@H]2OC(C)(C)O[C@@H]21)Oc1ccccc1Cl)Oc1ccc(C#N)c(OC(C)C)c1. The molecule has 2 saturated heterocycles. The van der Waals surface area contributed by atoms with Crippen LogP contribution < -0.4 is 19.7 Å². The first-order valence-corrected chi connectivity index (χ1v) is 27.3. The summed E-state index contributed by atoms with van der Waals surface area (Å²) >= 11 is 6.55. The number of unbranched alkanes of at least 4 members (excludes halogenated alkanes) is 15. The van der Waals surface area contributed by atoms with Crippen molar-refractivity contribution in [3.8, 4) is 23.3 Å². The topological polar surface area (TPSA) is 214 Å². The lowest BCUT2D eigenvalue weighted by Crippen LogP contribution is -2.48. The van der Waals surface area contributed by atoms with E-state index in [1.54, 1.807) is 75.5 Å². The van der Waals surface area contributed by atoms with Crippen molar-refractivity contribution < 1.29 is 46.6 Å². The second-order valence-corrected chi connectivity index (χ2v) is 21.0. The second-order valence-electron chi connectivity index (χ2n) is 19.0. The Kier molecular flexibility index (Phi) is 23.9. The predicted octanol–water partition coefficient (Wildman–Crippen LogP) is 12.6. The lowest BCUT2D eigenvalue weighted by atomic mass is 9.96. The van der Waals surface area contributed by atoms with Gasteiger partial charge < -0.3 is 43.7 Å². The molecule has 1 aromatic heterocycles. The number of rotatable bonds is 35. The summed E-state index contributed by atoms with van der Waals surface area (Å²) in [6, 6.07) is 17.1. The monoisotopic (exact) mass is 1020 g/mol. The van der Waals surface area contributed by atoms with Gasteiger partial charge in [-0.25, -0.2) is 9.56 Å². The van der Waals surface area contributed by atoms with Gasteiger partial charge in [0.05, 0.1) is 42.2 Å². The van der Waals surface area contributed by atoms with Gasteiger partial charge in [-0.3, -0.25) is 19.4 Å². The Morgan fingerprint density at radius 3 is 2.17 bits per heavy atom. The zero-order chi connectivity index (χ0) is 51.1. The smallest absolute Gasteiger partial charge is 0.489 e. The number of nitrogens with two attached hydrogens (primary N) is 1. The fraction of sp³-hybridized carbons (Fsp3) is 0.623. The molecular formula is C53H78ClN6O10P. The number of hydrogen-bond acceptors (Lipinski definition) is 13. The average molecular weight is 1030 g/mol. The predicted molar refractivity (Wildman–Crippen MR) is 278 cm³/mol. The number of hydrogen-bond donors (Lipinski definition) is 3. The third kappa shape index (κ3) is 18.3. The summed E-state index contributed by atoms with van der Waals surface area (Å²) in [5, 5.41) is 17.3. The lowest BCUT2D eigenvalue weighted by molar-refractivity contribution is -0.200. The van der Waals surface area contributed by atoms with E-state index < -0.39 is 50.2 Å². The van der Waals surface area contributed by atoms with Gasteiger partial charge in [-0.15, -0.1) is 0 Å². The summed E-state index contributed by atoms with van der Waals surface area (Å²) < 4.78 is 71.8. The summed E-state index contributed by atoms with van der Waals surface area (Å²) in [4.78, 5) is 11.4. The van der Waals surface area contributed by atoms with Gasteiger partial charge in [0, 0.05) is 31.6 Å². The average Bonchev–Trinajstić information content (AvgIpc) is 4.04. The molecule has 0 aliphatic carbocycles. The van der Waals surface area contributed by atoms with Crippen LogP contribution in [0, 0.1) is 16.7 Å². The molecule has 0 amide bonds. The number of H-pyrrole nitrogens is 1. The van der Waals surface area contributed by atoms with E-state index >= 15 is 4.57 Å². The zero-order valence-electron chi connectivity index (χ0n) is 42.7. The van der Waals surface area contributed by atoms with E-state index in [0.29, 0.717) is 35.1 Å². The van der Waals surface area contributed by atoms with Crippen LogP contribution >= 0.6 is 19.4 Å². The maximum absolute atomic E-state index is 15.1. The van der Waals surface area contributed by atoms with E-state index in [4.69, 9.17) is 64.7 Å². The first-order chi connectivity index (χ1) is 34.2. The molecule has 0 radical (unpaired) electrons. The van der Waals surface area contributed by atoms with Crippen molar-refractivity contribution in [2.45, 2.75) is 179 Å². The van der Waals surface area contributed by atoms with E-state index in [1.165, 1.54) is 89.7 Å². The molecule has 0 bridgehead atoms. The third-order valence-corrected chi connectivity index (χ3v) is 13.8. The van der Waals surface area contributed by atoms with Crippen molar-refractivity contribution in [1.29, 1.82) is 10.7 Å². The lowest BCUT2D eigenvalue weighted by Gasteiger charge is -2.32. The van der Waals surface area contributed by atoms with Gasteiger partial charge in [-0.05, 0) is 70.5 Å². The van der Waals surface area contributed by atoms with Crippen LogP contribution in [0.25, 0.3) is 0 Å². The highest BCUT2D eigenvalue weighted by molar-refractivity contribution is 7.49. The summed E-state index contributed by atoms with van der Waals surface area (Å²) in [5.41, 5.74) is 6.01. The van der Waals surface area contributed by atoms with Gasteiger partial charge >= 0.3 is 7.82 Å². The van der Waals surface area contributed by atoms with Gasteiger partial charge in [0.25, 0.3) is 0 Å². The molecule has 2 fully saturated rings. The molecule has 2 aliphatic rings. The molecule has 0 spiro atoms. The molecule has 392 valence electrons. The van der Waals surface area contributed by atoms with Crippen LogP contribution in [0.2, 0.25) is 5.02 Å². The summed E-state index contributed by atoms with van der Waals surface area (Å²) in [6.07, 6.45) is 19.4. The van der Waals surface area contributed by atoms with Crippen molar-refractivity contribution in [1.82, 2.24) is 4.98 Å². The number of aliphatic imine (C=N–C) groups is 2. The largest absolute Gasteiger partial charge is 0.530 e. The zero-order valence-corrected chi connectivity index (χ0v) is 44.4. The number of aromatic amines is 1. The molecule has 71 heavy (non-hydrogen) atoms. The highest BCUT2D eigenvalue weighted by Crippen LogP contribution is 2.55. The number of nitrogens with one attached hydrogen (secondary N) is 2. The Balaban J connectivity index is 1.26. The van der Waals surface area contributed by atoms with Gasteiger partial charge in [-0.2, -0.15) is 5.26 Å². The number of phosphoric ester groups is 1. The molecule has 5 rings (SSSR count). The highest BCUT2D eigenvalue weighted by Gasteiger charge is 2.64. The van der Waals surface area contributed by atoms with Crippen molar-refractivity contribution in [3.05, 3.63) is 76.6 Å². The molecule has 4 N–H and O–H groups in total. The summed E-state index contributed by atoms with van der Waals surface area (Å²) in [5.74, 6) is -0.128. The molecular weight excluding hydrogens is 947 g/mol. The van der Waals surface area contributed by atoms with E-state index in [2.05, 4.69) is 28.0 Å². The molecule has 3 heterocycles. The number of aromatic nitrogens is 1. The summed E-state index contributed by atoms with van der Waals surface area (Å²) in [7, 11) is -3.05. The Labute approximate surface area is 426 Å². The fourth-order valence-electron chi connectivity index (χ4n) is 8.72. The van der Waals surface area contributed by atoms with Crippen LogP contribution in [0.3, 0.4) is 0 Å². The molecule has 6 atom stereocenters. The fourth-order valence-corrected chi connectivity index (χ4v) is 10.2. The number of nitriles is 1. The highest BCUT2D eigenvalue weighted by atomic mass is 35.5. The van der Waals surface area contributed by atoms with Gasteiger partial charge in [0.15, 0.2) is 11.4 Å². The van der Waals surface area contributed by atoms with Crippen LogP contribution in [-0.4, -0.2) is 92.7 Å². The Morgan fingerprint density at radius 1 is 0.887 bits per heavy atom. The summed E-state index contributed by atoms with van der Waals surface area (Å²) in [6.45, 7) is 9.39. The first-order valence-electron chi connectivity index (χ1n) is 25.5. The van der Waals surface area contributed by atoms with Gasteiger partial charge in [-0.1, -0.05) is 127 Å². The normalized spacial score (nSPS) is 21.0. The molecule has 16 nitrogen and oxygen atoms in total. The van der Waals surface area contributed by atoms with Crippen LogP contribution in [0.1, 0.15) is 160 Å². The number of phosphoric acid groups is 1. The van der Waals surface area contributed by atoms with Crippen molar-refractivity contribution in [2.24, 2.45) is 15.7 Å². The standard InChI is InChI=1S/C53H78ClN6O10P/c1-7-8-9-10-11-12-13-14-15-16-17-18-19-20-21-24-31-62-34-42(66-41-28-27-40(33-55)47(32-41)65-39(2)3)35-63-71(61,70-46-26-23-22-25-43(46)54)64-37-53(36-58-6)50-49(67-52(4,5)69-50)48(68-53)44-29-30-45(60-44)51(57)59-38-56/h22-23,25-30,32,36,38-39,42,48-50,60H,7-21,24,31,34-35,37H2,1-6H3,(H3,56,57,59)/t42-,48+,49+,50+,53-,71?/m1/s1. The Hall–Kier alpha value is -4.30. The van der Waals surface area contributed by atoms with E-state index in [9.17, 15) is 5.26 Å². The molecule has 0 saturated carbocycles. The first kappa shape index (κ1) is 57.6. The number of fused-ring (bicyclic) bond motifs is 1. The van der Waals surface area contributed by atoms with E-state index in [1.807, 2.05) is 13.8 Å². The quantitative estimate of drug-likeness (QED) is 0.0217. The number of halogens is 1. The van der Waals surface area contributed by atoms with Crippen LogP contribution in [0.4, 0.5) is 0 Å². The minimum atomic E-state index is -4.63. The number of benzene rings is 2. The Bertz CT molecular complexity index is 2230. The van der Waals surface area contributed by atoms with Gasteiger partial charge in [0.2, 0.25) is 0 Å². The number of nitrogens with zero attached hydrogens (tertiary/aromatic N) is 3. The van der Waals surface area contributed by atoms with Crippen LogP contribution in [-0.2, 0) is 32.6 Å². The second kappa shape index (κ2) is 29.4. The van der Waals surface area contributed by atoms with Crippen molar-refractivity contribution in [3.63, 3.8) is 0 Å². The minimum Gasteiger partial charge on any atom is -0.489 e. The number of para-hydroxylation sites is 1. The van der Waals surface area contributed by atoms with Gasteiger partial charge in [0.1, 0.15) is 59.9 Å². The Morgan fingerprint density at radius 2 is 1.55 bits per heavy atom.